The molecule has 0 aliphatic rings. The Bertz CT molecular complexity index is 3660. The van der Waals surface area contributed by atoms with E-state index in [0.717, 1.165) is 72.8 Å². The average molecular weight is 1350 g/mol. The predicted octanol–water partition coefficient (Wildman–Crippen LogP) is -27.0. The molecule has 0 aliphatic heterocycles. The van der Waals surface area contributed by atoms with Gasteiger partial charge in [-0.25, -0.2) is 9.36 Å². The van der Waals surface area contributed by atoms with E-state index in [9.17, 15) is 79.2 Å². The molecule has 0 atom stereocenters. The van der Waals surface area contributed by atoms with Gasteiger partial charge in [-0.05, 0) is 181 Å². The molecule has 9 rings (SSSR count). The summed E-state index contributed by atoms with van der Waals surface area (Å²) in [6, 6.07) is 23.6. The molecule has 0 radical (unpaired) electrons. The zero-order valence-corrected chi connectivity index (χ0v) is 67.8. The Morgan fingerprint density at radius 3 is 0.734 bits per heavy atom. The second-order valence-electron chi connectivity index (χ2n) is 18.8. The third kappa shape index (κ3) is 24.6. The van der Waals surface area contributed by atoms with Crippen LogP contribution in [0.15, 0.2) is 140 Å². The van der Waals surface area contributed by atoms with Crippen LogP contribution < -0.4 is 296 Å². The number of hydrogen-bond donors (Lipinski definition) is 0. The minimum absolute atomic E-state index is 0. The van der Waals surface area contributed by atoms with Crippen molar-refractivity contribution >= 4 is 47.8 Å². The van der Waals surface area contributed by atoms with E-state index in [4.69, 9.17) is 18.9 Å². The summed E-state index contributed by atoms with van der Waals surface area (Å²) < 4.78 is 26.8. The van der Waals surface area contributed by atoms with Crippen molar-refractivity contribution in [1.29, 1.82) is 0 Å². The molecule has 0 fully saturated rings. The average Bonchev–Trinajstić information content (AvgIpc) is 1.50. The Morgan fingerprint density at radius 2 is 0.521 bits per heavy atom. The zero-order chi connectivity index (χ0) is 61.3. The molecule has 6 aromatic carbocycles. The smallest absolute Gasteiger partial charge is 0.545 e. The summed E-state index contributed by atoms with van der Waals surface area (Å²) >= 11 is 0. The van der Waals surface area contributed by atoms with Crippen molar-refractivity contribution in [2.45, 2.75) is 39.5 Å². The molecule has 0 unspecified atom stereocenters. The standard InChI is InChI=1S/C59H43N7O20.8Na/c67-52(68)36-1-32(2-37(13-36)53(69)70)26-83-46-9-30(10-47(18-46)84-27-33-3-38(54(71)72)14-39(4-33)55(73)74)22-65-24-50(61-63-65)44-17-45(21-60-20-44)51-25-66(64-62-51)23-31-11-48(85-28-34-5-40(56(75)76)15-41(6-34)57(77)78)19-49(12-31)86-29-35-7-42(58(79)80)16-43(8-35)59(81)82;;;;;;;;/h1-21,24-25H,22-23,26-29H2,(H,67,68)(H,69,70)(H,71,72)(H,73,74)(H,75,76)(H,77,78)(H,79,80)(H,81,82);;;;;;;;/q;8*+1/p-8. The van der Waals surface area contributed by atoms with Crippen LogP contribution in [0, 0.1) is 0 Å². The van der Waals surface area contributed by atoms with Gasteiger partial charge in [0.15, 0.2) is 0 Å². The zero-order valence-electron chi connectivity index (χ0n) is 51.8. The Balaban J connectivity index is 0.00000552. The SMILES string of the molecule is O=C([O-])c1cc(COc2cc(Cn3cc(-c4cncc(-c5cn(Cc6cc(OCc7cc(C(=O)[O-])cc(C(=O)[O-])c7)cc(OCc7cc(C(=O)[O-])cc(C(=O)[O-])c7)c6)nn5)c4)nn3)cc(OCc3cc(C(=O)[O-])cc(C(=O)[O-])c3)c2)cc(C(=O)[O-])c1.[Na+].[Na+].[Na+].[Na+].[Na+].[Na+].[Na+].[Na+]. The third-order valence-electron chi connectivity index (χ3n) is 12.5. The maximum atomic E-state index is 11.7. The first-order valence-corrected chi connectivity index (χ1v) is 24.9. The Morgan fingerprint density at radius 1 is 0.298 bits per heavy atom. The molecule has 27 nitrogen and oxygen atoms in total. The van der Waals surface area contributed by atoms with E-state index in [2.05, 4.69) is 25.6 Å². The number of rotatable bonds is 26. The normalized spacial score (nSPS) is 9.96. The number of pyridine rings is 1. The Hall–Kier alpha value is -4.29. The molecule has 0 N–H and O–H groups in total. The van der Waals surface area contributed by atoms with E-state index in [0.29, 0.717) is 33.6 Å². The van der Waals surface area contributed by atoms with E-state index >= 15 is 0 Å². The Kier molecular flexibility index (Phi) is 37.9. The second kappa shape index (κ2) is 40.6. The quantitative estimate of drug-likeness (QED) is 0.0454. The number of carboxylic acid groups (broad SMARTS) is 8. The van der Waals surface area contributed by atoms with Crippen molar-refractivity contribution in [1.82, 2.24) is 35.0 Å². The summed E-state index contributed by atoms with van der Waals surface area (Å²) in [5, 5.41) is 110. The number of hydrogen-bond acceptors (Lipinski definition) is 25. The summed E-state index contributed by atoms with van der Waals surface area (Å²) in [5.74, 6) is -12.7. The maximum Gasteiger partial charge on any atom is 1.00 e. The summed E-state index contributed by atoms with van der Waals surface area (Å²) in [6.45, 7) is -1.42. The van der Waals surface area contributed by atoms with Gasteiger partial charge in [0.05, 0.1) is 73.2 Å². The summed E-state index contributed by atoms with van der Waals surface area (Å²) in [7, 11) is 0. The number of nitrogens with zero attached hydrogens (tertiary/aromatic N) is 7. The molecule has 0 bridgehead atoms. The van der Waals surface area contributed by atoms with E-state index in [1.54, 1.807) is 42.7 Å². The number of benzene rings is 6. The molecule has 0 saturated carbocycles. The third-order valence-corrected chi connectivity index (χ3v) is 12.5. The van der Waals surface area contributed by atoms with Crippen LogP contribution in [-0.2, 0) is 39.5 Å². The molecule has 3 aromatic heterocycles. The van der Waals surface area contributed by atoms with Crippen LogP contribution in [0.3, 0.4) is 0 Å². The fourth-order valence-corrected chi connectivity index (χ4v) is 8.60. The number of carbonyl (C=O) groups is 8. The van der Waals surface area contributed by atoms with Crippen LogP contribution in [0.5, 0.6) is 23.0 Å². The predicted molar refractivity (Wildman–Crippen MR) is 271 cm³/mol. The molecule has 3 heterocycles. The van der Waals surface area contributed by atoms with Gasteiger partial charge in [-0.15, -0.1) is 10.2 Å². The van der Waals surface area contributed by atoms with Gasteiger partial charge in [-0.3, -0.25) is 4.98 Å². The van der Waals surface area contributed by atoms with Crippen molar-refractivity contribution in [3.63, 3.8) is 0 Å². The van der Waals surface area contributed by atoms with Crippen molar-refractivity contribution in [2.24, 2.45) is 0 Å². The molecule has 0 amide bonds. The molecule has 0 spiro atoms. The molecular weight excluding hydrogens is 1310 g/mol. The van der Waals surface area contributed by atoms with Crippen LogP contribution in [0.4, 0.5) is 0 Å². The molecule has 9 aromatic rings. The molecule has 434 valence electrons. The van der Waals surface area contributed by atoms with Crippen LogP contribution in [0.1, 0.15) is 116 Å². The first-order valence-electron chi connectivity index (χ1n) is 24.9. The van der Waals surface area contributed by atoms with Crippen LogP contribution in [0.25, 0.3) is 22.5 Å². The maximum absolute atomic E-state index is 11.7. The van der Waals surface area contributed by atoms with E-state index < -0.39 is 92.3 Å². The number of aromatic nitrogens is 7. The van der Waals surface area contributed by atoms with Gasteiger partial charge in [0.2, 0.25) is 0 Å². The minimum Gasteiger partial charge on any atom is -0.545 e. The largest absolute Gasteiger partial charge is 1.00 e. The number of carboxylic acids is 8. The molecular formula is C59H35N7Na8O20. The summed E-state index contributed by atoms with van der Waals surface area (Å²) in [4.78, 5) is 97.6. The van der Waals surface area contributed by atoms with Gasteiger partial charge in [-0.1, -0.05) is 10.4 Å². The van der Waals surface area contributed by atoms with Crippen LogP contribution in [-0.4, -0.2) is 82.7 Å². The first-order chi connectivity index (χ1) is 41.1. The van der Waals surface area contributed by atoms with Gasteiger partial charge < -0.3 is 98.2 Å². The Labute approximate surface area is 709 Å². The van der Waals surface area contributed by atoms with Crippen molar-refractivity contribution < 1.29 is 335 Å². The topological polar surface area (TPSA) is 432 Å². The van der Waals surface area contributed by atoms with Gasteiger partial charge in [0.1, 0.15) is 60.8 Å². The van der Waals surface area contributed by atoms with E-state index in [1.165, 1.54) is 33.9 Å². The number of aromatic carboxylic acids is 8. The fourth-order valence-electron chi connectivity index (χ4n) is 8.60. The van der Waals surface area contributed by atoms with Crippen molar-refractivity contribution in [3.05, 3.63) is 218 Å². The van der Waals surface area contributed by atoms with Gasteiger partial charge in [0, 0.05) is 35.7 Å². The molecule has 0 saturated heterocycles. The molecule has 0 aliphatic carbocycles. The minimum atomic E-state index is -1.64. The fraction of sp³-hybridized carbons (Fsp3) is 0.102. The van der Waals surface area contributed by atoms with Crippen LogP contribution in [0.2, 0.25) is 0 Å². The number of carbonyl (C=O) groups excluding carboxylic acids is 8. The first kappa shape index (κ1) is 87.7. The van der Waals surface area contributed by atoms with E-state index in [1.807, 2.05) is 0 Å². The monoisotopic (exact) mass is 1350 g/mol. The number of ether oxygens (including phenoxy) is 4. The summed E-state index contributed by atoms with van der Waals surface area (Å²) in [5.41, 5.74) is -0.453. The second-order valence-corrected chi connectivity index (χ2v) is 18.8. The molecule has 35 heteroatoms. The van der Waals surface area contributed by atoms with Gasteiger partial charge >= 0.3 is 236 Å². The van der Waals surface area contributed by atoms with Crippen molar-refractivity contribution in [3.8, 4) is 45.5 Å². The van der Waals surface area contributed by atoms with Crippen LogP contribution >= 0.6 is 0 Å². The van der Waals surface area contributed by atoms with E-state index in [-0.39, 0.29) is 321 Å². The molecule has 94 heavy (non-hydrogen) atoms. The summed E-state index contributed by atoms with van der Waals surface area (Å²) in [6.07, 6.45) is 6.21. The van der Waals surface area contributed by atoms with Gasteiger partial charge in [0.25, 0.3) is 0 Å². The van der Waals surface area contributed by atoms with Crippen molar-refractivity contribution in [2.75, 3.05) is 0 Å². The van der Waals surface area contributed by atoms with Gasteiger partial charge in [-0.2, -0.15) is 0 Å².